The van der Waals surface area contributed by atoms with E-state index in [0.29, 0.717) is 56.5 Å². The minimum atomic E-state index is -0.271. The summed E-state index contributed by atoms with van der Waals surface area (Å²) in [6, 6.07) is 0. The highest BCUT2D eigenvalue weighted by atomic mass is 16.5. The highest BCUT2D eigenvalue weighted by molar-refractivity contribution is 5.76. The van der Waals surface area contributed by atoms with Crippen LogP contribution in [0.2, 0.25) is 0 Å². The van der Waals surface area contributed by atoms with E-state index in [1.807, 2.05) is 25.7 Å². The number of carbonyl (C=O) groups excluding carboxylic acids is 1. The Hall–Kier alpha value is -2.29. The molecule has 1 fully saturated rings. The van der Waals surface area contributed by atoms with Crippen LogP contribution in [-0.2, 0) is 16.0 Å². The predicted octanol–water partition coefficient (Wildman–Crippen LogP) is 1.54. The van der Waals surface area contributed by atoms with Crippen molar-refractivity contribution < 1.29 is 14.1 Å². The maximum absolute atomic E-state index is 12.4. The van der Waals surface area contributed by atoms with Gasteiger partial charge in [0.1, 0.15) is 11.9 Å². The molecule has 9 heteroatoms. The normalized spacial score (nSPS) is 18.1. The zero-order valence-corrected chi connectivity index (χ0v) is 14.9. The van der Waals surface area contributed by atoms with E-state index < -0.39 is 0 Å². The molecule has 1 atom stereocenters. The topological polar surface area (TPSA) is 110 Å². The summed E-state index contributed by atoms with van der Waals surface area (Å²) in [6.45, 7) is 7.44. The van der Waals surface area contributed by atoms with E-state index in [1.54, 1.807) is 0 Å². The van der Waals surface area contributed by atoms with Gasteiger partial charge in [-0.15, -0.1) is 0 Å². The van der Waals surface area contributed by atoms with Gasteiger partial charge < -0.3 is 14.2 Å². The van der Waals surface area contributed by atoms with Gasteiger partial charge in [-0.2, -0.15) is 10.1 Å². The van der Waals surface area contributed by atoms with Crippen molar-refractivity contribution in [1.82, 2.24) is 30.2 Å². The van der Waals surface area contributed by atoms with E-state index in [4.69, 9.17) is 9.26 Å². The van der Waals surface area contributed by atoms with Gasteiger partial charge in [0.05, 0.1) is 13.2 Å². The van der Waals surface area contributed by atoms with Crippen molar-refractivity contribution >= 4 is 5.91 Å². The summed E-state index contributed by atoms with van der Waals surface area (Å²) < 4.78 is 10.9. The molecule has 1 N–H and O–H groups in total. The van der Waals surface area contributed by atoms with Crippen LogP contribution in [0.1, 0.15) is 62.1 Å². The molecule has 0 bridgehead atoms. The fourth-order valence-corrected chi connectivity index (χ4v) is 2.69. The predicted molar refractivity (Wildman–Crippen MR) is 87.7 cm³/mol. The summed E-state index contributed by atoms with van der Waals surface area (Å²) in [5.74, 6) is 2.98. The van der Waals surface area contributed by atoms with E-state index in [9.17, 15) is 4.79 Å². The highest BCUT2D eigenvalue weighted by Crippen LogP contribution is 2.20. The van der Waals surface area contributed by atoms with Gasteiger partial charge in [0.2, 0.25) is 11.8 Å². The van der Waals surface area contributed by atoms with Gasteiger partial charge in [-0.25, -0.2) is 4.98 Å². The number of aromatic nitrogens is 5. The van der Waals surface area contributed by atoms with Gasteiger partial charge in [-0.1, -0.05) is 19.0 Å². The third-order valence-electron chi connectivity index (χ3n) is 4.10. The molecule has 136 valence electrons. The highest BCUT2D eigenvalue weighted by Gasteiger charge is 2.27. The van der Waals surface area contributed by atoms with Crippen LogP contribution >= 0.6 is 0 Å². The second-order valence-electron chi connectivity index (χ2n) is 6.53. The van der Waals surface area contributed by atoms with Crippen molar-refractivity contribution in [3.8, 4) is 0 Å². The Balaban J connectivity index is 1.47. The average molecular weight is 348 g/mol. The number of hydrogen-bond acceptors (Lipinski definition) is 7. The minimum Gasteiger partial charge on any atom is -0.366 e. The number of aryl methyl sites for hydroxylation is 2. The van der Waals surface area contributed by atoms with E-state index in [1.165, 1.54) is 0 Å². The Morgan fingerprint density at radius 3 is 2.92 bits per heavy atom. The Kier molecular flexibility index (Phi) is 5.42. The molecule has 2 aromatic rings. The number of rotatable bonds is 6. The molecule has 1 aliphatic heterocycles. The third-order valence-corrected chi connectivity index (χ3v) is 4.10. The molecular weight excluding hydrogens is 324 g/mol. The Bertz CT molecular complexity index is 710. The van der Waals surface area contributed by atoms with Crippen LogP contribution in [0, 0.1) is 6.92 Å². The fourth-order valence-electron chi connectivity index (χ4n) is 2.69. The van der Waals surface area contributed by atoms with Crippen molar-refractivity contribution in [2.24, 2.45) is 0 Å². The van der Waals surface area contributed by atoms with Gasteiger partial charge in [0.25, 0.3) is 0 Å². The first-order chi connectivity index (χ1) is 12.0. The van der Waals surface area contributed by atoms with Crippen LogP contribution < -0.4 is 0 Å². The van der Waals surface area contributed by atoms with E-state index in [0.717, 1.165) is 5.82 Å². The number of ether oxygens (including phenoxy) is 1. The Labute approximate surface area is 146 Å². The molecular formula is C16H24N6O3. The number of carbonyl (C=O) groups is 1. The molecule has 1 aliphatic rings. The third kappa shape index (κ3) is 4.41. The molecule has 0 radical (unpaired) electrons. The van der Waals surface area contributed by atoms with Crippen molar-refractivity contribution in [1.29, 1.82) is 0 Å². The fraction of sp³-hybridized carbons (Fsp3) is 0.688. The Morgan fingerprint density at radius 1 is 1.40 bits per heavy atom. The molecule has 1 amide bonds. The standard InChI is InChI=1S/C16H24N6O3/c1-10(2)15-18-13(25-21-15)5-4-6-14(23)22-7-8-24-12(9-22)16-17-11(3)19-20-16/h10,12H,4-9H2,1-3H3,(H,17,19,20). The van der Waals surface area contributed by atoms with E-state index in [2.05, 4.69) is 25.3 Å². The first-order valence-corrected chi connectivity index (χ1v) is 8.63. The molecule has 2 aromatic heterocycles. The van der Waals surface area contributed by atoms with Crippen LogP contribution in [0.5, 0.6) is 0 Å². The largest absolute Gasteiger partial charge is 0.366 e. The maximum atomic E-state index is 12.4. The summed E-state index contributed by atoms with van der Waals surface area (Å²) in [6.07, 6.45) is 1.46. The minimum absolute atomic E-state index is 0.101. The number of amides is 1. The SMILES string of the molecule is Cc1nc(C2CN(C(=O)CCCc3nc(C(C)C)no3)CCO2)n[nH]1. The smallest absolute Gasteiger partial charge is 0.226 e. The van der Waals surface area contributed by atoms with Crippen molar-refractivity contribution in [2.75, 3.05) is 19.7 Å². The quantitative estimate of drug-likeness (QED) is 0.843. The zero-order chi connectivity index (χ0) is 17.8. The molecule has 3 heterocycles. The summed E-state index contributed by atoms with van der Waals surface area (Å²) in [4.78, 5) is 22.9. The van der Waals surface area contributed by atoms with Gasteiger partial charge in [-0.05, 0) is 13.3 Å². The maximum Gasteiger partial charge on any atom is 0.226 e. The number of aromatic amines is 1. The van der Waals surface area contributed by atoms with Gasteiger partial charge >= 0.3 is 0 Å². The van der Waals surface area contributed by atoms with Crippen LogP contribution in [0.25, 0.3) is 0 Å². The lowest BCUT2D eigenvalue weighted by molar-refractivity contribution is -0.139. The number of H-pyrrole nitrogens is 1. The molecule has 0 spiro atoms. The van der Waals surface area contributed by atoms with Crippen molar-refractivity contribution in [3.05, 3.63) is 23.4 Å². The van der Waals surface area contributed by atoms with Crippen LogP contribution in [0.3, 0.4) is 0 Å². The lowest BCUT2D eigenvalue weighted by atomic mass is 10.2. The summed E-state index contributed by atoms with van der Waals surface area (Å²) >= 11 is 0. The monoisotopic (exact) mass is 348 g/mol. The van der Waals surface area contributed by atoms with E-state index >= 15 is 0 Å². The second-order valence-corrected chi connectivity index (χ2v) is 6.53. The van der Waals surface area contributed by atoms with Gasteiger partial charge in [0.15, 0.2) is 11.6 Å². The van der Waals surface area contributed by atoms with Gasteiger partial charge in [-0.3, -0.25) is 9.89 Å². The molecule has 1 unspecified atom stereocenters. The molecule has 0 aliphatic carbocycles. The van der Waals surface area contributed by atoms with Crippen LogP contribution in [-0.4, -0.2) is 55.8 Å². The average Bonchev–Trinajstić information content (AvgIpc) is 3.24. The van der Waals surface area contributed by atoms with Crippen LogP contribution in [0.4, 0.5) is 0 Å². The number of morpholine rings is 1. The Morgan fingerprint density at radius 2 is 2.24 bits per heavy atom. The summed E-state index contributed by atoms with van der Waals surface area (Å²) in [5, 5.41) is 10.9. The molecule has 3 rings (SSSR count). The number of nitrogens with zero attached hydrogens (tertiary/aromatic N) is 5. The van der Waals surface area contributed by atoms with E-state index in [-0.39, 0.29) is 17.9 Å². The molecule has 0 aromatic carbocycles. The molecule has 25 heavy (non-hydrogen) atoms. The molecule has 1 saturated heterocycles. The summed E-state index contributed by atoms with van der Waals surface area (Å²) in [7, 11) is 0. The van der Waals surface area contributed by atoms with Crippen molar-refractivity contribution in [3.63, 3.8) is 0 Å². The first-order valence-electron chi connectivity index (χ1n) is 8.63. The summed E-state index contributed by atoms with van der Waals surface area (Å²) in [5.41, 5.74) is 0. The van der Waals surface area contributed by atoms with Crippen molar-refractivity contribution in [2.45, 2.75) is 52.1 Å². The lowest BCUT2D eigenvalue weighted by Crippen LogP contribution is -2.42. The zero-order valence-electron chi connectivity index (χ0n) is 14.9. The molecule has 0 saturated carbocycles. The van der Waals surface area contributed by atoms with Crippen LogP contribution in [0.15, 0.2) is 4.52 Å². The lowest BCUT2D eigenvalue weighted by Gasteiger charge is -2.31. The first kappa shape index (κ1) is 17.5. The molecule has 9 nitrogen and oxygen atoms in total. The number of hydrogen-bond donors (Lipinski definition) is 1. The number of nitrogens with one attached hydrogen (secondary N) is 1. The van der Waals surface area contributed by atoms with Gasteiger partial charge in [0, 0.05) is 25.3 Å². The second kappa shape index (κ2) is 7.73.